The summed E-state index contributed by atoms with van der Waals surface area (Å²) in [6.45, 7) is 0.278. The van der Waals surface area contributed by atoms with Gasteiger partial charge in [-0.25, -0.2) is 0 Å². The van der Waals surface area contributed by atoms with Crippen LogP contribution in [0.1, 0.15) is 18.4 Å². The van der Waals surface area contributed by atoms with Gasteiger partial charge in [-0.2, -0.15) is 8.42 Å². The number of para-hydroxylation sites is 1. The third-order valence-corrected chi connectivity index (χ3v) is 7.36. The molecule has 1 saturated heterocycles. The number of fused-ring (bicyclic) bond motifs is 1. The lowest BCUT2D eigenvalue weighted by molar-refractivity contribution is -0.136. The molecule has 2 heterocycles. The lowest BCUT2D eigenvalue weighted by Crippen LogP contribution is -2.48. The fourth-order valence-electron chi connectivity index (χ4n) is 3.92. The summed E-state index contributed by atoms with van der Waals surface area (Å²) in [5.41, 5.74) is 0.771. The van der Waals surface area contributed by atoms with Gasteiger partial charge in [0.15, 0.2) is 5.84 Å². The second-order valence-electron chi connectivity index (χ2n) is 7.58. The van der Waals surface area contributed by atoms with Crippen molar-refractivity contribution in [1.82, 2.24) is 9.80 Å². The van der Waals surface area contributed by atoms with Crippen LogP contribution in [0.3, 0.4) is 0 Å². The molecule has 4 rings (SSSR count). The molecule has 0 saturated carbocycles. The molecule has 0 radical (unpaired) electrons. The number of sulfonamides is 1. The van der Waals surface area contributed by atoms with Gasteiger partial charge in [0.05, 0.1) is 22.3 Å². The van der Waals surface area contributed by atoms with E-state index < -0.39 is 22.0 Å². The molecule has 0 unspecified atom stereocenters. The van der Waals surface area contributed by atoms with Crippen molar-refractivity contribution < 1.29 is 18.0 Å². The molecule has 0 aromatic heterocycles. The average Bonchev–Trinajstić information content (AvgIpc) is 3.33. The van der Waals surface area contributed by atoms with E-state index in [4.69, 9.17) is 23.2 Å². The monoisotopic (exact) mass is 494 g/mol. The first-order valence-electron chi connectivity index (χ1n) is 9.89. The Bertz CT molecular complexity index is 1210. The highest BCUT2D eigenvalue weighted by atomic mass is 35.5. The topological polar surface area (TPSA) is 99.2 Å². The summed E-state index contributed by atoms with van der Waals surface area (Å²) >= 11 is 12.2. The molecule has 2 aromatic rings. The van der Waals surface area contributed by atoms with E-state index in [2.05, 4.69) is 9.71 Å². The van der Waals surface area contributed by atoms with Crippen molar-refractivity contribution in [3.8, 4) is 0 Å². The highest BCUT2D eigenvalue weighted by Crippen LogP contribution is 2.32. The zero-order chi connectivity index (χ0) is 23.0. The van der Waals surface area contributed by atoms with Crippen molar-refractivity contribution in [3.63, 3.8) is 0 Å². The molecule has 2 amide bonds. The summed E-state index contributed by atoms with van der Waals surface area (Å²) < 4.78 is 28.8. The van der Waals surface area contributed by atoms with Gasteiger partial charge >= 0.3 is 0 Å². The van der Waals surface area contributed by atoms with E-state index in [1.165, 1.54) is 18.0 Å². The predicted molar refractivity (Wildman–Crippen MR) is 123 cm³/mol. The molecule has 0 bridgehead atoms. The summed E-state index contributed by atoms with van der Waals surface area (Å²) in [7, 11) is -2.27. The zero-order valence-electron chi connectivity index (χ0n) is 17.1. The third-order valence-electron chi connectivity index (χ3n) is 5.41. The number of benzene rings is 2. The molecule has 8 nitrogen and oxygen atoms in total. The Kier molecular flexibility index (Phi) is 6.15. The van der Waals surface area contributed by atoms with Crippen LogP contribution in [-0.2, 0) is 19.6 Å². The van der Waals surface area contributed by atoms with Gasteiger partial charge in [-0.1, -0.05) is 41.4 Å². The van der Waals surface area contributed by atoms with Gasteiger partial charge in [0.25, 0.3) is 10.0 Å². The van der Waals surface area contributed by atoms with E-state index in [1.807, 2.05) is 0 Å². The first-order chi connectivity index (χ1) is 15.2. The third kappa shape index (κ3) is 4.20. The van der Waals surface area contributed by atoms with Crippen molar-refractivity contribution in [2.45, 2.75) is 23.8 Å². The molecule has 1 fully saturated rings. The van der Waals surface area contributed by atoms with E-state index in [1.54, 1.807) is 41.3 Å². The molecule has 2 aliphatic heterocycles. The Balaban J connectivity index is 1.49. The minimum atomic E-state index is -3.79. The second-order valence-corrected chi connectivity index (χ2v) is 9.96. The predicted octanol–water partition coefficient (Wildman–Crippen LogP) is 3.00. The zero-order valence-corrected chi connectivity index (χ0v) is 19.4. The first kappa shape index (κ1) is 22.6. The molecular weight excluding hydrogens is 475 g/mol. The van der Waals surface area contributed by atoms with Crippen molar-refractivity contribution >= 4 is 56.6 Å². The Labute approximate surface area is 195 Å². The number of likely N-dealkylation sites (N-methyl/N-ethyl adjacent to an activating group) is 1. The number of nitrogens with zero attached hydrogens (tertiary/aromatic N) is 3. The molecule has 0 spiro atoms. The molecule has 2 aromatic carbocycles. The first-order valence-corrected chi connectivity index (χ1v) is 12.1. The number of nitrogens with one attached hydrogen (secondary N) is 1. The smallest absolute Gasteiger partial charge is 0.285 e. The van der Waals surface area contributed by atoms with Crippen LogP contribution in [0.25, 0.3) is 0 Å². The number of amidine groups is 1. The second kappa shape index (κ2) is 8.73. The minimum absolute atomic E-state index is 0.137. The number of halogens is 2. The summed E-state index contributed by atoms with van der Waals surface area (Å²) in [5.74, 6) is -0.476. The van der Waals surface area contributed by atoms with E-state index in [9.17, 15) is 18.0 Å². The van der Waals surface area contributed by atoms with Crippen LogP contribution < -0.4 is 5.32 Å². The maximum Gasteiger partial charge on any atom is 0.285 e. The molecular formula is C21H20Cl2N4O4S. The normalized spacial score (nSPS) is 18.8. The summed E-state index contributed by atoms with van der Waals surface area (Å²) in [6.07, 6.45) is 1.23. The largest absolute Gasteiger partial charge is 0.343 e. The summed E-state index contributed by atoms with van der Waals surface area (Å²) in [5, 5.41) is 3.22. The van der Waals surface area contributed by atoms with Gasteiger partial charge in [-0.3, -0.25) is 9.59 Å². The van der Waals surface area contributed by atoms with Crippen LogP contribution in [0.4, 0.5) is 5.69 Å². The van der Waals surface area contributed by atoms with E-state index in [0.717, 1.165) is 0 Å². The van der Waals surface area contributed by atoms with E-state index >= 15 is 0 Å². The Morgan fingerprint density at radius 2 is 1.84 bits per heavy atom. The molecule has 11 heteroatoms. The molecule has 1 atom stereocenters. The van der Waals surface area contributed by atoms with Crippen LogP contribution in [0.15, 0.2) is 51.8 Å². The highest BCUT2D eigenvalue weighted by Gasteiger charge is 2.40. The summed E-state index contributed by atoms with van der Waals surface area (Å²) in [6, 6.07) is 10.8. The number of amides is 2. The van der Waals surface area contributed by atoms with Crippen molar-refractivity contribution in [2.75, 3.05) is 25.5 Å². The van der Waals surface area contributed by atoms with Crippen molar-refractivity contribution in [3.05, 3.63) is 58.1 Å². The maximum absolute atomic E-state index is 13.2. The molecule has 1 N–H and O–H groups in total. The van der Waals surface area contributed by atoms with Crippen molar-refractivity contribution in [2.24, 2.45) is 4.40 Å². The lowest BCUT2D eigenvalue weighted by atomic mass is 10.1. The van der Waals surface area contributed by atoms with Crippen LogP contribution >= 0.6 is 23.2 Å². The maximum atomic E-state index is 13.2. The molecule has 2 aliphatic rings. The quantitative estimate of drug-likeness (QED) is 0.703. The average molecular weight is 495 g/mol. The number of anilines is 1. The number of rotatable bonds is 4. The van der Waals surface area contributed by atoms with E-state index in [0.29, 0.717) is 35.0 Å². The Hall–Kier alpha value is -2.62. The standard InChI is InChI=1S/C21H20Cl2N4O4S/c1-26(12-18(28)24-19-14(22)7-4-8-15(19)23)21(29)16-9-5-11-27(16)20-13-6-2-3-10-17(13)32(30,31)25-20/h2-4,6-8,10,16H,5,9,11-12H2,1H3,(H,24,28)/t16-/m0/s1. The molecule has 32 heavy (non-hydrogen) atoms. The van der Waals surface area contributed by atoms with Gasteiger partial charge in [0.2, 0.25) is 11.8 Å². The van der Waals surface area contributed by atoms with Crippen LogP contribution in [0.2, 0.25) is 10.0 Å². The number of likely N-dealkylation sites (tertiary alicyclic amines) is 1. The fourth-order valence-corrected chi connectivity index (χ4v) is 5.63. The van der Waals surface area contributed by atoms with Crippen LogP contribution in [0, 0.1) is 0 Å². The SMILES string of the molecule is CN(CC(=O)Nc1c(Cl)cccc1Cl)C(=O)[C@@H]1CCCN1C1=NS(=O)(=O)c2ccccc21. The van der Waals surface area contributed by atoms with Gasteiger partial charge < -0.3 is 15.1 Å². The van der Waals surface area contributed by atoms with E-state index in [-0.39, 0.29) is 28.9 Å². The van der Waals surface area contributed by atoms with Crippen molar-refractivity contribution in [1.29, 1.82) is 0 Å². The highest BCUT2D eigenvalue weighted by molar-refractivity contribution is 7.90. The molecule has 0 aliphatic carbocycles. The van der Waals surface area contributed by atoms with Crippen LogP contribution in [-0.4, -0.2) is 62.0 Å². The van der Waals surface area contributed by atoms with Gasteiger partial charge in [-0.05, 0) is 37.1 Å². The lowest BCUT2D eigenvalue weighted by Gasteiger charge is -2.29. The number of carbonyl (C=O) groups excluding carboxylic acids is 2. The fraction of sp³-hybridized carbons (Fsp3) is 0.286. The van der Waals surface area contributed by atoms with Crippen LogP contribution in [0.5, 0.6) is 0 Å². The Morgan fingerprint density at radius 1 is 1.16 bits per heavy atom. The number of hydrogen-bond acceptors (Lipinski definition) is 5. The number of carbonyl (C=O) groups is 2. The number of hydrogen-bond donors (Lipinski definition) is 1. The van der Waals surface area contributed by atoms with Gasteiger partial charge in [0, 0.05) is 19.2 Å². The molecule has 168 valence electrons. The van der Waals surface area contributed by atoms with Gasteiger partial charge in [0.1, 0.15) is 10.9 Å². The Morgan fingerprint density at radius 3 is 2.56 bits per heavy atom. The summed E-state index contributed by atoms with van der Waals surface area (Å²) in [4.78, 5) is 28.8. The minimum Gasteiger partial charge on any atom is -0.343 e. The van der Waals surface area contributed by atoms with Gasteiger partial charge in [-0.15, -0.1) is 4.40 Å².